The van der Waals surface area contributed by atoms with E-state index in [1.54, 1.807) is 0 Å². The van der Waals surface area contributed by atoms with Gasteiger partial charge in [-0.25, -0.2) is 0 Å². The van der Waals surface area contributed by atoms with Crippen LogP contribution >= 0.6 is 0 Å². The summed E-state index contributed by atoms with van der Waals surface area (Å²) in [6.07, 6.45) is 5.28. The Morgan fingerprint density at radius 3 is 2.93 bits per heavy atom. The molecule has 2 heteroatoms. The number of rotatable bonds is 0. The van der Waals surface area contributed by atoms with Crippen molar-refractivity contribution < 1.29 is 0 Å². The van der Waals surface area contributed by atoms with Gasteiger partial charge in [0.25, 0.3) is 0 Å². The van der Waals surface area contributed by atoms with Crippen LogP contribution in [0.15, 0.2) is 23.3 Å². The fourth-order valence-electron chi connectivity index (χ4n) is 2.00. The Kier molecular flexibility index (Phi) is 2.22. The van der Waals surface area contributed by atoms with E-state index < -0.39 is 0 Å². The maximum atomic E-state index is 4.66. The van der Waals surface area contributed by atoms with Crippen LogP contribution in [0.1, 0.15) is 38.9 Å². The molecule has 76 valence electrons. The lowest BCUT2D eigenvalue weighted by Crippen LogP contribution is -2.18. The van der Waals surface area contributed by atoms with Gasteiger partial charge in [-0.3, -0.25) is 4.99 Å². The van der Waals surface area contributed by atoms with Crippen molar-refractivity contribution in [1.29, 1.82) is 0 Å². The van der Waals surface area contributed by atoms with Crippen molar-refractivity contribution in [1.82, 2.24) is 4.57 Å². The fourth-order valence-corrected chi connectivity index (χ4v) is 2.00. The third-order valence-electron chi connectivity index (χ3n) is 2.72. The van der Waals surface area contributed by atoms with Gasteiger partial charge >= 0.3 is 0 Å². The molecule has 0 radical (unpaired) electrons. The second kappa shape index (κ2) is 3.26. The summed E-state index contributed by atoms with van der Waals surface area (Å²) in [6.45, 7) is 7.81. The van der Waals surface area contributed by atoms with Crippen LogP contribution in [0.3, 0.4) is 0 Å². The second-order valence-electron chi connectivity index (χ2n) is 5.02. The molecule has 0 saturated carbocycles. The quantitative estimate of drug-likeness (QED) is 0.598. The number of hydrogen-bond donors (Lipinski definition) is 0. The number of aryl methyl sites for hydroxylation is 1. The third kappa shape index (κ3) is 1.61. The first-order valence-electron chi connectivity index (χ1n) is 5.26. The fraction of sp³-hybridized carbons (Fsp3) is 0.583. The molecule has 0 saturated heterocycles. The van der Waals surface area contributed by atoms with E-state index in [0.29, 0.717) is 6.04 Å². The molecular weight excluding hydrogens is 172 g/mol. The van der Waals surface area contributed by atoms with Crippen molar-refractivity contribution in [2.75, 3.05) is 0 Å². The molecule has 0 aromatic carbocycles. The Bertz CT molecular complexity index is 341. The molecule has 1 aromatic rings. The summed E-state index contributed by atoms with van der Waals surface area (Å²) in [4.78, 5) is 4.66. The Morgan fingerprint density at radius 1 is 1.43 bits per heavy atom. The molecule has 2 rings (SSSR count). The van der Waals surface area contributed by atoms with Crippen LogP contribution in [0, 0.1) is 5.41 Å². The van der Waals surface area contributed by atoms with E-state index in [1.165, 1.54) is 5.69 Å². The van der Waals surface area contributed by atoms with Crippen LogP contribution in [-0.2, 0) is 6.54 Å². The highest BCUT2D eigenvalue weighted by molar-refractivity contribution is 5.58. The molecule has 0 aliphatic carbocycles. The molecule has 14 heavy (non-hydrogen) atoms. The Balaban J connectivity index is 2.43. The zero-order chi connectivity index (χ0) is 10.2. The molecule has 1 aliphatic heterocycles. The number of hydrogen-bond acceptors (Lipinski definition) is 1. The molecule has 0 amide bonds. The lowest BCUT2D eigenvalue weighted by Gasteiger charge is -2.27. The maximum Gasteiger partial charge on any atom is 0.0943 e. The van der Waals surface area contributed by atoms with Crippen molar-refractivity contribution in [2.24, 2.45) is 10.4 Å². The first-order chi connectivity index (χ1) is 6.59. The monoisotopic (exact) mass is 190 g/mol. The average Bonchev–Trinajstić information content (AvgIpc) is 2.42. The van der Waals surface area contributed by atoms with E-state index in [1.807, 2.05) is 0 Å². The minimum Gasteiger partial charge on any atom is -0.349 e. The Labute approximate surface area is 85.7 Å². The van der Waals surface area contributed by atoms with Crippen molar-refractivity contribution >= 4 is 6.21 Å². The number of nitrogens with zero attached hydrogens (tertiary/aromatic N) is 2. The van der Waals surface area contributed by atoms with Gasteiger partial charge in [-0.05, 0) is 17.5 Å². The lowest BCUT2D eigenvalue weighted by molar-refractivity contribution is 0.320. The van der Waals surface area contributed by atoms with Crippen molar-refractivity contribution in [3.63, 3.8) is 0 Å². The van der Waals surface area contributed by atoms with Crippen molar-refractivity contribution in [3.05, 3.63) is 24.0 Å². The highest BCUT2D eigenvalue weighted by Crippen LogP contribution is 2.37. The minimum absolute atomic E-state index is 0.205. The van der Waals surface area contributed by atoms with Gasteiger partial charge in [0.1, 0.15) is 0 Å². The predicted octanol–water partition coefficient (Wildman–Crippen LogP) is 3.05. The van der Waals surface area contributed by atoms with E-state index in [2.05, 4.69) is 54.9 Å². The minimum atomic E-state index is 0.205. The van der Waals surface area contributed by atoms with Gasteiger partial charge in [0, 0.05) is 31.1 Å². The third-order valence-corrected chi connectivity index (χ3v) is 2.72. The largest absolute Gasteiger partial charge is 0.349 e. The van der Waals surface area contributed by atoms with Gasteiger partial charge in [0.05, 0.1) is 6.04 Å². The highest BCUT2D eigenvalue weighted by Gasteiger charge is 2.28. The van der Waals surface area contributed by atoms with E-state index in [4.69, 9.17) is 0 Å². The van der Waals surface area contributed by atoms with Crippen molar-refractivity contribution in [2.45, 2.75) is 39.8 Å². The molecule has 1 aliphatic rings. The SMILES string of the molecule is CC(C)(C)C1N=CCCn2cccc21. The van der Waals surface area contributed by atoms with Gasteiger partial charge in [-0.1, -0.05) is 20.8 Å². The van der Waals surface area contributed by atoms with Crippen LogP contribution < -0.4 is 0 Å². The highest BCUT2D eigenvalue weighted by atomic mass is 15.0. The molecule has 1 aromatic heterocycles. The lowest BCUT2D eigenvalue weighted by atomic mass is 9.85. The van der Waals surface area contributed by atoms with E-state index >= 15 is 0 Å². The summed E-state index contributed by atoms with van der Waals surface area (Å²) in [5.74, 6) is 0. The van der Waals surface area contributed by atoms with Gasteiger partial charge in [0.15, 0.2) is 0 Å². The first-order valence-corrected chi connectivity index (χ1v) is 5.26. The Morgan fingerprint density at radius 2 is 2.21 bits per heavy atom. The number of aromatic nitrogens is 1. The molecule has 1 atom stereocenters. The standard InChI is InChI=1S/C12H18N2/c1-12(2,3)11-10-6-4-8-14(10)9-5-7-13-11/h4,6-8,11H,5,9H2,1-3H3. The normalized spacial score (nSPS) is 21.8. The van der Waals surface area contributed by atoms with Gasteiger partial charge < -0.3 is 4.57 Å². The molecular formula is C12H18N2. The van der Waals surface area contributed by atoms with Crippen LogP contribution in [0.4, 0.5) is 0 Å². The van der Waals surface area contributed by atoms with Crippen LogP contribution in [-0.4, -0.2) is 10.8 Å². The summed E-state index contributed by atoms with van der Waals surface area (Å²) in [6, 6.07) is 4.62. The molecule has 2 heterocycles. The molecule has 0 fully saturated rings. The molecule has 0 bridgehead atoms. The summed E-state index contributed by atoms with van der Waals surface area (Å²) in [5.41, 5.74) is 1.56. The van der Waals surface area contributed by atoms with E-state index in [-0.39, 0.29) is 5.41 Å². The smallest absolute Gasteiger partial charge is 0.0943 e. The van der Waals surface area contributed by atoms with Gasteiger partial charge in [-0.15, -0.1) is 0 Å². The summed E-state index contributed by atoms with van der Waals surface area (Å²) >= 11 is 0. The van der Waals surface area contributed by atoms with Crippen molar-refractivity contribution in [3.8, 4) is 0 Å². The number of aliphatic imine (C=N–C) groups is 1. The van der Waals surface area contributed by atoms with Crippen LogP contribution in [0.25, 0.3) is 0 Å². The Hall–Kier alpha value is -1.05. The van der Waals surface area contributed by atoms with E-state index in [9.17, 15) is 0 Å². The molecule has 0 N–H and O–H groups in total. The average molecular weight is 190 g/mol. The topological polar surface area (TPSA) is 17.3 Å². The predicted molar refractivity (Wildman–Crippen MR) is 59.7 cm³/mol. The zero-order valence-corrected chi connectivity index (χ0v) is 9.20. The molecule has 0 spiro atoms. The summed E-state index contributed by atoms with van der Waals surface area (Å²) in [5, 5.41) is 0. The summed E-state index contributed by atoms with van der Waals surface area (Å²) < 4.78 is 2.32. The first kappa shape index (κ1) is 9.50. The summed E-state index contributed by atoms with van der Waals surface area (Å²) in [7, 11) is 0. The maximum absolute atomic E-state index is 4.66. The second-order valence-corrected chi connectivity index (χ2v) is 5.02. The number of fused-ring (bicyclic) bond motifs is 1. The molecule has 1 unspecified atom stereocenters. The zero-order valence-electron chi connectivity index (χ0n) is 9.20. The van der Waals surface area contributed by atoms with Gasteiger partial charge in [0.2, 0.25) is 0 Å². The van der Waals surface area contributed by atoms with E-state index in [0.717, 1.165) is 13.0 Å². The molecule has 2 nitrogen and oxygen atoms in total. The van der Waals surface area contributed by atoms with Crippen LogP contribution in [0.2, 0.25) is 0 Å². The van der Waals surface area contributed by atoms with Gasteiger partial charge in [-0.2, -0.15) is 0 Å². The van der Waals surface area contributed by atoms with Crippen LogP contribution in [0.5, 0.6) is 0 Å².